The molecule has 0 heterocycles. The van der Waals surface area contributed by atoms with Gasteiger partial charge in [0.1, 0.15) is 0 Å². The zero-order valence-corrected chi connectivity index (χ0v) is 15.6. The topological polar surface area (TPSA) is 62.4 Å². The van der Waals surface area contributed by atoms with Gasteiger partial charge in [-0.2, -0.15) is 0 Å². The predicted octanol–water partition coefficient (Wildman–Crippen LogP) is 4.53. The molecule has 0 saturated heterocycles. The summed E-state index contributed by atoms with van der Waals surface area (Å²) in [5.41, 5.74) is 7.98. The highest BCUT2D eigenvalue weighted by Crippen LogP contribution is 2.22. The van der Waals surface area contributed by atoms with Gasteiger partial charge in [0.15, 0.2) is 5.96 Å². The molecule has 0 spiro atoms. The lowest BCUT2D eigenvalue weighted by atomic mass is 9.95. The van der Waals surface area contributed by atoms with E-state index in [-0.39, 0.29) is 6.04 Å². The van der Waals surface area contributed by atoms with Crippen LogP contribution in [-0.4, -0.2) is 18.0 Å². The Morgan fingerprint density at radius 1 is 1.04 bits per heavy atom. The molecule has 1 aromatic rings. The third-order valence-electron chi connectivity index (χ3n) is 5.60. The number of aliphatic imine (C=N–C) groups is 1. The fraction of sp³-hybridized carbons (Fsp3) is 0.667. The van der Waals surface area contributed by atoms with E-state index in [4.69, 9.17) is 10.7 Å². The highest BCUT2D eigenvalue weighted by Gasteiger charge is 2.19. The van der Waals surface area contributed by atoms with E-state index in [2.05, 4.69) is 29.7 Å². The van der Waals surface area contributed by atoms with Gasteiger partial charge < -0.3 is 16.4 Å². The summed E-state index contributed by atoms with van der Waals surface area (Å²) in [5, 5.41) is 7.36. The zero-order valence-electron chi connectivity index (χ0n) is 15.6. The Morgan fingerprint density at radius 2 is 1.72 bits per heavy atom. The molecule has 1 atom stereocenters. The van der Waals surface area contributed by atoms with E-state index in [0.717, 1.165) is 11.6 Å². The largest absolute Gasteiger partial charge is 0.399 e. The molecule has 2 saturated carbocycles. The summed E-state index contributed by atoms with van der Waals surface area (Å²) < 4.78 is 0. The second kappa shape index (κ2) is 9.12. The van der Waals surface area contributed by atoms with E-state index >= 15 is 0 Å². The first kappa shape index (κ1) is 18.1. The lowest BCUT2D eigenvalue weighted by Crippen LogP contribution is -2.45. The van der Waals surface area contributed by atoms with Gasteiger partial charge in [-0.3, -0.25) is 0 Å². The Morgan fingerprint density at radius 3 is 2.40 bits per heavy atom. The van der Waals surface area contributed by atoms with Crippen LogP contribution in [0.5, 0.6) is 0 Å². The van der Waals surface area contributed by atoms with Crippen LogP contribution < -0.4 is 16.4 Å². The standard InChI is InChI=1S/C21H34N4/c1-16(17-9-8-10-18(22)15-17)23-21(24-19-11-4-2-5-12-19)25-20-13-6-3-7-14-20/h8-10,15-16,19-20H,2-7,11-14,22H2,1H3,(H2,23,24,25). The van der Waals surface area contributed by atoms with Gasteiger partial charge in [-0.05, 0) is 50.3 Å². The average molecular weight is 343 g/mol. The summed E-state index contributed by atoms with van der Waals surface area (Å²) >= 11 is 0. The summed E-state index contributed by atoms with van der Waals surface area (Å²) in [6, 6.07) is 9.38. The SMILES string of the molecule is CC(NC(=NC1CCCCC1)NC1CCCCC1)c1cccc(N)c1. The maximum Gasteiger partial charge on any atom is 0.192 e. The quantitative estimate of drug-likeness (QED) is 0.428. The Balaban J connectivity index is 1.68. The van der Waals surface area contributed by atoms with Gasteiger partial charge in [-0.1, -0.05) is 50.7 Å². The van der Waals surface area contributed by atoms with Crippen molar-refractivity contribution in [1.82, 2.24) is 10.6 Å². The van der Waals surface area contributed by atoms with Crippen LogP contribution >= 0.6 is 0 Å². The maximum absolute atomic E-state index is 5.95. The van der Waals surface area contributed by atoms with Gasteiger partial charge in [0.05, 0.1) is 12.1 Å². The molecular weight excluding hydrogens is 308 g/mol. The third-order valence-corrected chi connectivity index (χ3v) is 5.60. The van der Waals surface area contributed by atoms with Crippen LogP contribution in [-0.2, 0) is 0 Å². The highest BCUT2D eigenvalue weighted by atomic mass is 15.2. The van der Waals surface area contributed by atoms with Crippen LogP contribution in [0.2, 0.25) is 0 Å². The molecule has 0 aromatic heterocycles. The molecule has 4 N–H and O–H groups in total. The van der Waals surface area contributed by atoms with Crippen LogP contribution in [0.25, 0.3) is 0 Å². The molecule has 2 fully saturated rings. The Hall–Kier alpha value is -1.71. The molecule has 4 nitrogen and oxygen atoms in total. The van der Waals surface area contributed by atoms with Crippen molar-refractivity contribution in [2.45, 2.75) is 89.3 Å². The molecule has 3 rings (SSSR count). The number of nitrogens with two attached hydrogens (primary N) is 1. The highest BCUT2D eigenvalue weighted by molar-refractivity contribution is 5.80. The van der Waals surface area contributed by atoms with Gasteiger partial charge in [0.2, 0.25) is 0 Å². The van der Waals surface area contributed by atoms with Crippen molar-refractivity contribution in [1.29, 1.82) is 0 Å². The normalized spacial score (nSPS) is 21.7. The second-order valence-electron chi connectivity index (χ2n) is 7.78. The molecule has 4 heteroatoms. The molecule has 25 heavy (non-hydrogen) atoms. The number of guanidine groups is 1. The summed E-state index contributed by atoms with van der Waals surface area (Å²) in [6.45, 7) is 2.19. The molecule has 1 unspecified atom stereocenters. The number of hydrogen-bond acceptors (Lipinski definition) is 2. The van der Waals surface area contributed by atoms with Crippen molar-refractivity contribution in [2.24, 2.45) is 4.99 Å². The molecule has 2 aliphatic rings. The first-order valence-electron chi connectivity index (χ1n) is 10.2. The smallest absolute Gasteiger partial charge is 0.192 e. The number of rotatable bonds is 4. The third kappa shape index (κ3) is 5.65. The van der Waals surface area contributed by atoms with Gasteiger partial charge in [-0.25, -0.2) is 4.99 Å². The van der Waals surface area contributed by atoms with E-state index in [1.54, 1.807) is 0 Å². The number of nitrogens with one attached hydrogen (secondary N) is 2. The maximum atomic E-state index is 5.95. The molecule has 0 aliphatic heterocycles. The van der Waals surface area contributed by atoms with E-state index < -0.39 is 0 Å². The van der Waals surface area contributed by atoms with Crippen LogP contribution in [0.1, 0.15) is 82.7 Å². The number of nitrogen functional groups attached to an aromatic ring is 1. The van der Waals surface area contributed by atoms with Crippen molar-refractivity contribution < 1.29 is 0 Å². The molecule has 0 amide bonds. The average Bonchev–Trinajstić information content (AvgIpc) is 2.63. The predicted molar refractivity (Wildman–Crippen MR) is 107 cm³/mol. The van der Waals surface area contributed by atoms with Crippen molar-refractivity contribution in [3.05, 3.63) is 29.8 Å². The molecule has 138 valence electrons. The Kier molecular flexibility index (Phi) is 6.60. The first-order chi connectivity index (χ1) is 12.2. The molecule has 1 aromatic carbocycles. The van der Waals surface area contributed by atoms with Gasteiger partial charge in [0, 0.05) is 11.7 Å². The minimum atomic E-state index is 0.196. The van der Waals surface area contributed by atoms with Crippen LogP contribution in [0.15, 0.2) is 29.3 Å². The van der Waals surface area contributed by atoms with Crippen molar-refractivity contribution in [3.8, 4) is 0 Å². The second-order valence-corrected chi connectivity index (χ2v) is 7.78. The van der Waals surface area contributed by atoms with Crippen LogP contribution in [0.4, 0.5) is 5.69 Å². The molecule has 2 aliphatic carbocycles. The number of benzene rings is 1. The first-order valence-corrected chi connectivity index (χ1v) is 10.2. The summed E-state index contributed by atoms with van der Waals surface area (Å²) in [7, 11) is 0. The minimum Gasteiger partial charge on any atom is -0.399 e. The molecule has 0 bridgehead atoms. The Labute approximate surface area is 152 Å². The fourth-order valence-corrected chi connectivity index (χ4v) is 4.07. The van der Waals surface area contributed by atoms with Gasteiger partial charge >= 0.3 is 0 Å². The lowest BCUT2D eigenvalue weighted by Gasteiger charge is -2.28. The van der Waals surface area contributed by atoms with Crippen molar-refractivity contribution in [3.63, 3.8) is 0 Å². The zero-order chi connectivity index (χ0) is 17.5. The van der Waals surface area contributed by atoms with Crippen molar-refractivity contribution >= 4 is 11.6 Å². The van der Waals surface area contributed by atoms with E-state index in [9.17, 15) is 0 Å². The van der Waals surface area contributed by atoms with Gasteiger partial charge in [0.25, 0.3) is 0 Å². The fourth-order valence-electron chi connectivity index (χ4n) is 4.07. The van der Waals surface area contributed by atoms with Crippen molar-refractivity contribution in [2.75, 3.05) is 5.73 Å². The number of anilines is 1. The summed E-state index contributed by atoms with van der Waals surface area (Å²) in [4.78, 5) is 5.08. The van der Waals surface area contributed by atoms with E-state index in [0.29, 0.717) is 12.1 Å². The monoisotopic (exact) mass is 342 g/mol. The van der Waals surface area contributed by atoms with Gasteiger partial charge in [-0.15, -0.1) is 0 Å². The summed E-state index contributed by atoms with van der Waals surface area (Å²) in [6.07, 6.45) is 13.0. The van der Waals surface area contributed by atoms with Crippen LogP contribution in [0.3, 0.4) is 0 Å². The van der Waals surface area contributed by atoms with E-state index in [1.165, 1.54) is 69.8 Å². The molecular formula is C21H34N4. The number of hydrogen-bond donors (Lipinski definition) is 3. The molecule has 0 radical (unpaired) electrons. The lowest BCUT2D eigenvalue weighted by molar-refractivity contribution is 0.403. The van der Waals surface area contributed by atoms with Crippen LogP contribution in [0, 0.1) is 0 Å². The Bertz CT molecular complexity index is 557. The summed E-state index contributed by atoms with van der Waals surface area (Å²) in [5.74, 6) is 0.994. The van der Waals surface area contributed by atoms with E-state index in [1.807, 2.05) is 12.1 Å². The number of nitrogens with zero attached hydrogens (tertiary/aromatic N) is 1. The minimum absolute atomic E-state index is 0.196.